The molecular weight excluding hydrogens is 292 g/mol. The minimum atomic E-state index is 0.0434. The molecule has 112 valence electrons. The van der Waals surface area contributed by atoms with Crippen LogP contribution in [0.4, 0.5) is 0 Å². The standard InChI is InChI=1S/C18H18N2OS/c1-14-4-2-3-5-17(14)11-20-18(21)13-22-12-16-8-6-15(10-19)7-9-16/h2-9H,11-13H2,1H3,(H,20,21). The van der Waals surface area contributed by atoms with Crippen molar-refractivity contribution in [2.45, 2.75) is 19.2 Å². The van der Waals surface area contributed by atoms with Crippen LogP contribution in [0, 0.1) is 18.3 Å². The normalized spacial score (nSPS) is 10.0. The molecule has 0 spiro atoms. The summed E-state index contributed by atoms with van der Waals surface area (Å²) in [6, 6.07) is 17.6. The largest absolute Gasteiger partial charge is 0.351 e. The number of hydrogen-bond acceptors (Lipinski definition) is 3. The number of benzene rings is 2. The van der Waals surface area contributed by atoms with E-state index in [1.165, 1.54) is 5.56 Å². The number of rotatable bonds is 6. The number of thioether (sulfide) groups is 1. The van der Waals surface area contributed by atoms with E-state index in [1.54, 1.807) is 23.9 Å². The van der Waals surface area contributed by atoms with E-state index in [0.717, 1.165) is 16.9 Å². The number of aryl methyl sites for hydroxylation is 1. The second-order valence-electron chi connectivity index (χ2n) is 5.00. The fourth-order valence-corrected chi connectivity index (χ4v) is 2.81. The van der Waals surface area contributed by atoms with E-state index < -0.39 is 0 Å². The molecule has 0 aliphatic heterocycles. The Hall–Kier alpha value is -2.25. The third-order valence-corrected chi connectivity index (χ3v) is 4.33. The Bertz CT molecular complexity index is 674. The quantitative estimate of drug-likeness (QED) is 0.889. The van der Waals surface area contributed by atoms with E-state index in [1.807, 2.05) is 43.3 Å². The fraction of sp³-hybridized carbons (Fsp3) is 0.222. The van der Waals surface area contributed by atoms with Crippen LogP contribution in [0.2, 0.25) is 0 Å². The zero-order chi connectivity index (χ0) is 15.8. The Balaban J connectivity index is 1.71. The van der Waals surface area contributed by atoms with Crippen molar-refractivity contribution in [3.63, 3.8) is 0 Å². The molecule has 0 aliphatic carbocycles. The zero-order valence-electron chi connectivity index (χ0n) is 12.5. The van der Waals surface area contributed by atoms with Crippen molar-refractivity contribution < 1.29 is 4.79 Å². The van der Waals surface area contributed by atoms with Crippen LogP contribution >= 0.6 is 11.8 Å². The SMILES string of the molecule is Cc1ccccc1CNC(=O)CSCc1ccc(C#N)cc1. The fourth-order valence-electron chi connectivity index (χ4n) is 1.99. The molecule has 2 aromatic rings. The Labute approximate surface area is 135 Å². The van der Waals surface area contributed by atoms with Crippen LogP contribution in [0.5, 0.6) is 0 Å². The first-order valence-electron chi connectivity index (χ1n) is 7.07. The highest BCUT2D eigenvalue weighted by Crippen LogP contribution is 2.13. The van der Waals surface area contributed by atoms with Crippen molar-refractivity contribution in [3.05, 3.63) is 70.8 Å². The Morgan fingerprint density at radius 1 is 1.18 bits per heavy atom. The van der Waals surface area contributed by atoms with Gasteiger partial charge >= 0.3 is 0 Å². The smallest absolute Gasteiger partial charge is 0.230 e. The Kier molecular flexibility index (Phi) is 6.05. The summed E-state index contributed by atoms with van der Waals surface area (Å²) < 4.78 is 0. The van der Waals surface area contributed by atoms with Gasteiger partial charge in [0.15, 0.2) is 0 Å². The van der Waals surface area contributed by atoms with Gasteiger partial charge in [0.05, 0.1) is 17.4 Å². The molecule has 3 nitrogen and oxygen atoms in total. The summed E-state index contributed by atoms with van der Waals surface area (Å²) in [6.07, 6.45) is 0. The minimum Gasteiger partial charge on any atom is -0.351 e. The Morgan fingerprint density at radius 2 is 1.91 bits per heavy atom. The number of carbonyl (C=O) groups is 1. The number of carbonyl (C=O) groups excluding carboxylic acids is 1. The molecule has 0 saturated heterocycles. The summed E-state index contributed by atoms with van der Waals surface area (Å²) in [6.45, 7) is 2.62. The molecule has 0 heterocycles. The van der Waals surface area contributed by atoms with Crippen LogP contribution in [0.3, 0.4) is 0 Å². The van der Waals surface area contributed by atoms with Crippen LogP contribution in [0.15, 0.2) is 48.5 Å². The molecule has 0 saturated carbocycles. The van der Waals surface area contributed by atoms with Crippen LogP contribution in [0.1, 0.15) is 22.3 Å². The predicted octanol–water partition coefficient (Wildman–Crippen LogP) is 3.42. The van der Waals surface area contributed by atoms with Crippen molar-refractivity contribution in [1.29, 1.82) is 5.26 Å². The maximum atomic E-state index is 11.8. The number of nitriles is 1. The summed E-state index contributed by atoms with van der Waals surface area (Å²) in [5.41, 5.74) is 4.11. The molecule has 2 rings (SSSR count). The van der Waals surface area contributed by atoms with Crippen LogP contribution in [-0.4, -0.2) is 11.7 Å². The van der Waals surface area contributed by atoms with Gasteiger partial charge in [0.2, 0.25) is 5.91 Å². The lowest BCUT2D eigenvalue weighted by Crippen LogP contribution is -2.24. The third kappa shape index (κ3) is 4.94. The van der Waals surface area contributed by atoms with Gasteiger partial charge in [0.25, 0.3) is 0 Å². The molecule has 0 aromatic heterocycles. The van der Waals surface area contributed by atoms with Gasteiger partial charge in [0, 0.05) is 12.3 Å². The number of hydrogen-bond donors (Lipinski definition) is 1. The minimum absolute atomic E-state index is 0.0434. The molecule has 0 bridgehead atoms. The maximum Gasteiger partial charge on any atom is 0.230 e. The van der Waals surface area contributed by atoms with Gasteiger partial charge in [-0.05, 0) is 35.7 Å². The molecule has 0 atom stereocenters. The molecule has 0 fully saturated rings. The molecule has 2 aromatic carbocycles. The summed E-state index contributed by atoms with van der Waals surface area (Å²) in [7, 11) is 0. The van der Waals surface area contributed by atoms with E-state index in [4.69, 9.17) is 5.26 Å². The highest BCUT2D eigenvalue weighted by Gasteiger charge is 2.03. The zero-order valence-corrected chi connectivity index (χ0v) is 13.3. The second-order valence-corrected chi connectivity index (χ2v) is 5.99. The lowest BCUT2D eigenvalue weighted by atomic mass is 10.1. The number of nitrogens with one attached hydrogen (secondary N) is 1. The van der Waals surface area contributed by atoms with E-state index in [2.05, 4.69) is 11.4 Å². The van der Waals surface area contributed by atoms with Crippen molar-refractivity contribution in [2.75, 3.05) is 5.75 Å². The van der Waals surface area contributed by atoms with Crippen molar-refractivity contribution in [3.8, 4) is 6.07 Å². The molecule has 0 radical (unpaired) electrons. The molecule has 0 aliphatic rings. The molecule has 22 heavy (non-hydrogen) atoms. The van der Waals surface area contributed by atoms with Crippen LogP contribution in [0.25, 0.3) is 0 Å². The van der Waals surface area contributed by atoms with Crippen LogP contribution < -0.4 is 5.32 Å². The van der Waals surface area contributed by atoms with Gasteiger partial charge in [-0.2, -0.15) is 5.26 Å². The van der Waals surface area contributed by atoms with Crippen molar-refractivity contribution in [1.82, 2.24) is 5.32 Å². The van der Waals surface area contributed by atoms with Gasteiger partial charge in [-0.25, -0.2) is 0 Å². The third-order valence-electron chi connectivity index (χ3n) is 3.32. The molecule has 1 N–H and O–H groups in total. The summed E-state index contributed by atoms with van der Waals surface area (Å²) in [5.74, 6) is 1.25. The average Bonchev–Trinajstić information content (AvgIpc) is 2.55. The van der Waals surface area contributed by atoms with E-state index >= 15 is 0 Å². The molecule has 4 heteroatoms. The first-order chi connectivity index (χ1) is 10.7. The van der Waals surface area contributed by atoms with Gasteiger partial charge in [0.1, 0.15) is 0 Å². The lowest BCUT2D eigenvalue weighted by Gasteiger charge is -2.08. The molecule has 1 amide bonds. The maximum absolute atomic E-state index is 11.8. The summed E-state index contributed by atoms with van der Waals surface area (Å²) in [5, 5.41) is 11.7. The Morgan fingerprint density at radius 3 is 2.59 bits per heavy atom. The second kappa shape index (κ2) is 8.26. The summed E-state index contributed by atoms with van der Waals surface area (Å²) >= 11 is 1.57. The van der Waals surface area contributed by atoms with Gasteiger partial charge in [-0.3, -0.25) is 4.79 Å². The van der Waals surface area contributed by atoms with E-state index in [-0.39, 0.29) is 5.91 Å². The molecule has 0 unspecified atom stereocenters. The van der Waals surface area contributed by atoms with Crippen molar-refractivity contribution in [2.24, 2.45) is 0 Å². The highest BCUT2D eigenvalue weighted by atomic mass is 32.2. The predicted molar refractivity (Wildman–Crippen MR) is 90.3 cm³/mol. The highest BCUT2D eigenvalue weighted by molar-refractivity contribution is 7.99. The van der Waals surface area contributed by atoms with E-state index in [9.17, 15) is 4.79 Å². The van der Waals surface area contributed by atoms with Crippen molar-refractivity contribution >= 4 is 17.7 Å². The van der Waals surface area contributed by atoms with Gasteiger partial charge in [-0.15, -0.1) is 11.8 Å². The lowest BCUT2D eigenvalue weighted by molar-refractivity contribution is -0.118. The summed E-state index contributed by atoms with van der Waals surface area (Å²) in [4.78, 5) is 11.8. The van der Waals surface area contributed by atoms with Crippen LogP contribution in [-0.2, 0) is 17.1 Å². The van der Waals surface area contributed by atoms with Gasteiger partial charge in [-0.1, -0.05) is 36.4 Å². The first-order valence-corrected chi connectivity index (χ1v) is 8.22. The average molecular weight is 310 g/mol. The van der Waals surface area contributed by atoms with Gasteiger partial charge < -0.3 is 5.32 Å². The molecular formula is C18H18N2OS. The number of amides is 1. The topological polar surface area (TPSA) is 52.9 Å². The number of nitrogens with zero attached hydrogens (tertiary/aromatic N) is 1. The first kappa shape index (κ1) is 16.1. The monoisotopic (exact) mass is 310 g/mol. The van der Waals surface area contributed by atoms with E-state index in [0.29, 0.717) is 17.9 Å².